The Morgan fingerprint density at radius 3 is 2.34 bits per heavy atom. The maximum absolute atomic E-state index is 13.1. The Kier molecular flexibility index (Phi) is 4.51. The number of aromatic nitrogens is 2. The van der Waals surface area contributed by atoms with E-state index in [1.54, 1.807) is 0 Å². The molecule has 2 saturated heterocycles. The first-order chi connectivity index (χ1) is 16.8. The minimum Gasteiger partial charge on any atom is -0.479 e. The molecule has 2 amide bonds. The maximum Gasteiger partial charge on any atom is 0.412 e. The molecule has 10 nitrogen and oxygen atoms in total. The van der Waals surface area contributed by atoms with E-state index >= 15 is 0 Å². The fourth-order valence-corrected chi connectivity index (χ4v) is 6.00. The Labute approximate surface area is 199 Å². The molecule has 1 saturated carbocycles. The first-order valence-corrected chi connectivity index (χ1v) is 11.3. The van der Waals surface area contributed by atoms with E-state index in [0.29, 0.717) is 12.8 Å². The molecule has 4 aliphatic rings. The van der Waals surface area contributed by atoms with Crippen LogP contribution in [0.1, 0.15) is 47.3 Å². The number of aliphatic carboxylic acids is 1. The quantitative estimate of drug-likeness (QED) is 0.574. The number of nitrogens with one attached hydrogen (secondary N) is 1. The molecule has 178 valence electrons. The summed E-state index contributed by atoms with van der Waals surface area (Å²) >= 11 is 0. The number of nitrogens with zero attached hydrogens (tertiary/aromatic N) is 3. The van der Waals surface area contributed by atoms with E-state index in [1.807, 2.05) is 55.5 Å². The summed E-state index contributed by atoms with van der Waals surface area (Å²) < 4.78 is 10.2. The van der Waals surface area contributed by atoms with Crippen LogP contribution in [0.4, 0.5) is 10.6 Å². The molecule has 2 bridgehead atoms. The van der Waals surface area contributed by atoms with Crippen molar-refractivity contribution in [2.24, 2.45) is 5.41 Å². The number of hydrogen-bond acceptors (Lipinski definition) is 7. The Balaban J connectivity index is 1.16. The Hall–Kier alpha value is -4.21. The average Bonchev–Trinajstić information content (AvgIpc) is 3.56. The van der Waals surface area contributed by atoms with Crippen molar-refractivity contribution in [3.05, 3.63) is 65.4 Å². The third kappa shape index (κ3) is 3.13. The number of carbonyl (C=O) groups excluding carboxylic acids is 2. The molecule has 3 aromatic rings. The van der Waals surface area contributed by atoms with Crippen LogP contribution in [-0.4, -0.2) is 57.0 Å². The highest BCUT2D eigenvalue weighted by molar-refractivity contribution is 6.03. The Bertz CT molecular complexity index is 1330. The lowest BCUT2D eigenvalue weighted by atomic mass is 9.63. The largest absolute Gasteiger partial charge is 0.479 e. The first kappa shape index (κ1) is 21.3. The van der Waals surface area contributed by atoms with Crippen molar-refractivity contribution >= 4 is 23.8 Å². The van der Waals surface area contributed by atoms with Gasteiger partial charge >= 0.3 is 12.1 Å². The number of rotatable bonds is 5. The monoisotopic (exact) mass is 474 g/mol. The molecule has 0 unspecified atom stereocenters. The summed E-state index contributed by atoms with van der Waals surface area (Å²) in [4.78, 5) is 39.0. The van der Waals surface area contributed by atoms with Crippen molar-refractivity contribution in [1.29, 1.82) is 0 Å². The molecule has 3 fully saturated rings. The molecular formula is C25H22N4O6. The lowest BCUT2D eigenvalue weighted by molar-refractivity contribution is -0.153. The normalized spacial score (nSPS) is 23.9. The number of amides is 2. The summed E-state index contributed by atoms with van der Waals surface area (Å²) in [6, 6.07) is 16.0. The fourth-order valence-electron chi connectivity index (χ4n) is 6.00. The Morgan fingerprint density at radius 1 is 1.09 bits per heavy atom. The second-order valence-electron chi connectivity index (χ2n) is 9.80. The van der Waals surface area contributed by atoms with Crippen molar-refractivity contribution in [2.75, 3.05) is 18.5 Å². The predicted molar refractivity (Wildman–Crippen MR) is 122 cm³/mol. The van der Waals surface area contributed by atoms with Gasteiger partial charge in [-0.15, -0.1) is 0 Å². The van der Waals surface area contributed by atoms with Gasteiger partial charge in [-0.25, -0.2) is 14.2 Å². The molecule has 2 N–H and O–H groups in total. The molecule has 0 spiro atoms. The molecular weight excluding hydrogens is 452 g/mol. The molecule has 2 aliphatic carbocycles. The zero-order valence-electron chi connectivity index (χ0n) is 18.9. The van der Waals surface area contributed by atoms with E-state index in [2.05, 4.69) is 15.6 Å². The van der Waals surface area contributed by atoms with Crippen molar-refractivity contribution in [3.63, 3.8) is 0 Å². The summed E-state index contributed by atoms with van der Waals surface area (Å²) in [6.07, 6.45) is -0.0644. The average molecular weight is 474 g/mol. The summed E-state index contributed by atoms with van der Waals surface area (Å²) in [7, 11) is 0. The number of anilines is 1. The van der Waals surface area contributed by atoms with Crippen molar-refractivity contribution < 1.29 is 28.9 Å². The van der Waals surface area contributed by atoms with Gasteiger partial charge in [0.15, 0.2) is 0 Å². The van der Waals surface area contributed by atoms with Crippen LogP contribution in [0.2, 0.25) is 0 Å². The van der Waals surface area contributed by atoms with Crippen molar-refractivity contribution in [3.8, 4) is 11.1 Å². The number of fused-ring (bicyclic) bond motifs is 4. The van der Waals surface area contributed by atoms with Gasteiger partial charge in [0.2, 0.25) is 11.5 Å². The van der Waals surface area contributed by atoms with Crippen LogP contribution in [0.3, 0.4) is 0 Å². The topological polar surface area (TPSA) is 135 Å². The van der Waals surface area contributed by atoms with E-state index in [4.69, 9.17) is 9.37 Å². The number of carboxylic acid groups (broad SMARTS) is 1. The van der Waals surface area contributed by atoms with Gasteiger partial charge < -0.3 is 14.7 Å². The van der Waals surface area contributed by atoms with Crippen LogP contribution >= 0.6 is 0 Å². The molecule has 35 heavy (non-hydrogen) atoms. The van der Waals surface area contributed by atoms with E-state index in [-0.39, 0.29) is 36.0 Å². The van der Waals surface area contributed by atoms with Gasteiger partial charge in [0.05, 0.1) is 0 Å². The summed E-state index contributed by atoms with van der Waals surface area (Å²) in [5, 5.41) is 19.4. The molecule has 2 aromatic carbocycles. The van der Waals surface area contributed by atoms with Gasteiger partial charge in [0, 0.05) is 12.5 Å². The zero-order valence-corrected chi connectivity index (χ0v) is 18.9. The molecule has 1 aromatic heterocycles. The fraction of sp³-hybridized carbons (Fsp3) is 0.320. The Morgan fingerprint density at radius 2 is 1.71 bits per heavy atom. The standard InChI is InChI=1S/C25H22N4O6/c1-24-11-25(12-24,22(31)32)29(13-24)21(30)19-20(28-35-27-19)26-23(33)34-10-18-16-8-4-2-6-14(16)15-7-3-5-9-17(15)18/h2-9,18H,10-13H2,1H3,(H,31,32)(H,26,28,33). The highest BCUT2D eigenvalue weighted by atomic mass is 16.6. The number of hydrogen-bond donors (Lipinski definition) is 2. The molecule has 7 rings (SSSR count). The van der Waals surface area contributed by atoms with Gasteiger partial charge in [0.25, 0.3) is 5.91 Å². The first-order valence-electron chi connectivity index (χ1n) is 11.3. The minimum absolute atomic E-state index is 0.0843. The molecule has 0 radical (unpaired) electrons. The lowest BCUT2D eigenvalue weighted by Gasteiger charge is -2.42. The maximum atomic E-state index is 13.1. The van der Waals surface area contributed by atoms with E-state index < -0.39 is 23.5 Å². The van der Waals surface area contributed by atoms with E-state index in [9.17, 15) is 19.5 Å². The van der Waals surface area contributed by atoms with Gasteiger partial charge in [-0.2, -0.15) is 0 Å². The van der Waals surface area contributed by atoms with Crippen molar-refractivity contribution in [2.45, 2.75) is 31.2 Å². The molecule has 10 heteroatoms. The van der Waals surface area contributed by atoms with Crippen LogP contribution in [0, 0.1) is 5.41 Å². The van der Waals surface area contributed by atoms with E-state index in [0.717, 1.165) is 22.3 Å². The van der Waals surface area contributed by atoms with Gasteiger partial charge in [-0.3, -0.25) is 10.1 Å². The number of ether oxygens (including phenoxy) is 1. The molecule has 2 aliphatic heterocycles. The van der Waals surface area contributed by atoms with Crippen LogP contribution < -0.4 is 5.32 Å². The van der Waals surface area contributed by atoms with Crippen LogP contribution in [0.25, 0.3) is 11.1 Å². The lowest BCUT2D eigenvalue weighted by Crippen LogP contribution is -2.56. The van der Waals surface area contributed by atoms with Crippen molar-refractivity contribution in [1.82, 2.24) is 15.2 Å². The number of carboxylic acids is 1. The zero-order chi connectivity index (χ0) is 24.4. The molecule has 0 atom stereocenters. The van der Waals surface area contributed by atoms with Gasteiger partial charge in [0.1, 0.15) is 12.1 Å². The second kappa shape index (κ2) is 7.39. The number of benzene rings is 2. The van der Waals surface area contributed by atoms with Gasteiger partial charge in [-0.05, 0) is 50.8 Å². The van der Waals surface area contributed by atoms with Crippen LogP contribution in [0.15, 0.2) is 53.2 Å². The highest BCUT2D eigenvalue weighted by Crippen LogP contribution is 2.59. The molecule has 3 heterocycles. The van der Waals surface area contributed by atoms with Crippen LogP contribution in [0.5, 0.6) is 0 Å². The van der Waals surface area contributed by atoms with Crippen LogP contribution in [-0.2, 0) is 9.53 Å². The predicted octanol–water partition coefficient (Wildman–Crippen LogP) is 3.51. The summed E-state index contributed by atoms with van der Waals surface area (Å²) in [5.74, 6) is -2.04. The minimum atomic E-state index is -1.26. The third-order valence-electron chi connectivity index (χ3n) is 7.39. The SMILES string of the molecule is CC12CN(C(=O)c3nonc3NC(=O)OCC3c4ccccc4-c4ccccc43)C(C(=O)O)(C1)C2. The third-order valence-corrected chi connectivity index (χ3v) is 7.39. The summed E-state index contributed by atoms with van der Waals surface area (Å²) in [6.45, 7) is 2.31. The van der Waals surface area contributed by atoms with Gasteiger partial charge in [-0.1, -0.05) is 55.5 Å². The van der Waals surface area contributed by atoms with E-state index in [1.165, 1.54) is 4.90 Å². The number of carbonyl (C=O) groups is 3. The smallest absolute Gasteiger partial charge is 0.412 e. The summed E-state index contributed by atoms with van der Waals surface area (Å²) in [5.41, 5.74) is 2.60. The second-order valence-corrected chi connectivity index (χ2v) is 9.80. The highest BCUT2D eigenvalue weighted by Gasteiger charge is 2.69.